The summed E-state index contributed by atoms with van der Waals surface area (Å²) in [6, 6.07) is 0. The van der Waals surface area contributed by atoms with E-state index < -0.39 is 0 Å². The molecule has 0 atom stereocenters. The van der Waals surface area contributed by atoms with Crippen molar-refractivity contribution >= 4 is 12.7 Å². The van der Waals surface area contributed by atoms with E-state index in [1.165, 1.54) is 7.11 Å². The lowest BCUT2D eigenvalue weighted by atomic mass is 10.7. The molecular weight excluding hydrogens is 108 g/mol. The van der Waals surface area contributed by atoms with Crippen LogP contribution in [0.1, 0.15) is 0 Å². The minimum Gasteiger partial charge on any atom is -0.468 e. The molecule has 0 spiro atoms. The molecule has 0 bridgehead atoms. The van der Waals surface area contributed by atoms with E-state index >= 15 is 0 Å². The summed E-state index contributed by atoms with van der Waals surface area (Å²) in [7, 11) is 1.31. The maximum atomic E-state index is 10.2. The highest BCUT2D eigenvalue weighted by atomic mass is 16.5. The van der Waals surface area contributed by atoms with Gasteiger partial charge in [0.25, 0.3) is 0 Å². The zero-order valence-electron chi connectivity index (χ0n) is 4.68. The molecule has 0 rings (SSSR count). The third-order valence-corrected chi connectivity index (χ3v) is 0.563. The topological polar surface area (TPSA) is 50.7 Å². The average Bonchev–Trinajstić information content (AvgIpc) is 1.83. The highest BCUT2D eigenvalue weighted by molar-refractivity contribution is 5.71. The van der Waals surface area contributed by atoms with Crippen LogP contribution >= 0.6 is 0 Å². The number of carbonyl (C=O) groups excluding carboxylic acids is 1. The van der Waals surface area contributed by atoms with Crippen LogP contribution in [-0.2, 0) is 9.53 Å². The van der Waals surface area contributed by atoms with E-state index in [4.69, 9.17) is 0 Å². The molecule has 8 heavy (non-hydrogen) atoms. The Morgan fingerprint density at radius 3 is 3.00 bits per heavy atom. The van der Waals surface area contributed by atoms with Crippen molar-refractivity contribution < 1.29 is 9.53 Å². The number of carbonyl (C=O) groups is 1. The summed E-state index contributed by atoms with van der Waals surface area (Å²) in [4.78, 5) is 10.2. The van der Waals surface area contributed by atoms with Crippen molar-refractivity contribution in [2.45, 2.75) is 0 Å². The van der Waals surface area contributed by atoms with Gasteiger partial charge in [-0.2, -0.15) is 5.10 Å². The number of ether oxygens (including phenoxy) is 1. The van der Waals surface area contributed by atoms with E-state index in [0.29, 0.717) is 0 Å². The van der Waals surface area contributed by atoms with E-state index in [1.807, 2.05) is 0 Å². The first-order chi connectivity index (χ1) is 3.81. The van der Waals surface area contributed by atoms with Crippen LogP contribution in [0.15, 0.2) is 5.10 Å². The van der Waals surface area contributed by atoms with Gasteiger partial charge in [0.15, 0.2) is 0 Å². The molecule has 46 valence electrons. The van der Waals surface area contributed by atoms with Gasteiger partial charge in [0.2, 0.25) is 0 Å². The van der Waals surface area contributed by atoms with Crippen molar-refractivity contribution in [3.05, 3.63) is 0 Å². The fraction of sp³-hybridized carbons (Fsp3) is 0.500. The SMILES string of the molecule is C=NNCC(=O)OC. The van der Waals surface area contributed by atoms with Crippen LogP contribution in [0.2, 0.25) is 0 Å². The second kappa shape index (κ2) is 4.11. The molecule has 0 aliphatic rings. The summed E-state index contributed by atoms with van der Waals surface area (Å²) >= 11 is 0. The van der Waals surface area contributed by atoms with Crippen molar-refractivity contribution in [3.8, 4) is 0 Å². The predicted molar refractivity (Wildman–Crippen MR) is 29.6 cm³/mol. The highest BCUT2D eigenvalue weighted by Gasteiger charge is 1.93. The van der Waals surface area contributed by atoms with Crippen molar-refractivity contribution in [2.24, 2.45) is 5.10 Å². The van der Waals surface area contributed by atoms with Crippen LogP contribution in [0.25, 0.3) is 0 Å². The first kappa shape index (κ1) is 6.94. The van der Waals surface area contributed by atoms with Gasteiger partial charge in [-0.25, -0.2) is 0 Å². The number of rotatable bonds is 3. The van der Waals surface area contributed by atoms with Crippen molar-refractivity contribution in [1.29, 1.82) is 0 Å². The van der Waals surface area contributed by atoms with E-state index in [9.17, 15) is 4.79 Å². The summed E-state index contributed by atoms with van der Waals surface area (Å²) < 4.78 is 4.26. The van der Waals surface area contributed by atoms with Crippen LogP contribution in [0.3, 0.4) is 0 Å². The normalized spacial score (nSPS) is 7.62. The molecular formula is C4H8N2O2. The van der Waals surface area contributed by atoms with E-state index in [1.54, 1.807) is 0 Å². The zero-order chi connectivity index (χ0) is 6.41. The molecule has 0 aromatic rings. The molecule has 0 unspecified atom stereocenters. The Labute approximate surface area is 47.5 Å². The first-order valence-corrected chi connectivity index (χ1v) is 2.06. The van der Waals surface area contributed by atoms with Crippen molar-refractivity contribution in [3.63, 3.8) is 0 Å². The third-order valence-electron chi connectivity index (χ3n) is 0.563. The fourth-order valence-electron chi connectivity index (χ4n) is 0.193. The van der Waals surface area contributed by atoms with Gasteiger partial charge in [-0.05, 0) is 0 Å². The molecule has 4 heteroatoms. The number of hydrogen-bond donors (Lipinski definition) is 1. The average molecular weight is 116 g/mol. The molecule has 0 saturated carbocycles. The Bertz CT molecular complexity index is 92.0. The molecule has 0 amide bonds. The number of hydrazone groups is 1. The van der Waals surface area contributed by atoms with Gasteiger partial charge in [0.05, 0.1) is 7.11 Å². The third kappa shape index (κ3) is 3.14. The molecule has 4 nitrogen and oxygen atoms in total. The van der Waals surface area contributed by atoms with Crippen LogP contribution < -0.4 is 5.43 Å². The second-order valence-corrected chi connectivity index (χ2v) is 1.07. The summed E-state index contributed by atoms with van der Waals surface area (Å²) in [5.41, 5.74) is 2.34. The number of hydrogen-bond acceptors (Lipinski definition) is 4. The Morgan fingerprint density at radius 2 is 2.62 bits per heavy atom. The van der Waals surface area contributed by atoms with Crippen LogP contribution in [-0.4, -0.2) is 26.3 Å². The summed E-state index contributed by atoms with van der Waals surface area (Å²) in [5, 5.41) is 3.22. The Hall–Kier alpha value is -1.06. The number of methoxy groups -OCH3 is 1. The lowest BCUT2D eigenvalue weighted by Gasteiger charge is -1.94. The van der Waals surface area contributed by atoms with Crippen molar-refractivity contribution in [1.82, 2.24) is 5.43 Å². The van der Waals surface area contributed by atoms with Gasteiger partial charge in [0.1, 0.15) is 6.54 Å². The Balaban J connectivity index is 3.11. The van der Waals surface area contributed by atoms with Gasteiger partial charge in [0, 0.05) is 6.72 Å². The van der Waals surface area contributed by atoms with Gasteiger partial charge < -0.3 is 4.74 Å². The fourth-order valence-corrected chi connectivity index (χ4v) is 0.193. The van der Waals surface area contributed by atoms with E-state index in [-0.39, 0.29) is 12.5 Å². The predicted octanol–water partition coefficient (Wildman–Crippen LogP) is -0.635. The monoisotopic (exact) mass is 116 g/mol. The largest absolute Gasteiger partial charge is 0.468 e. The van der Waals surface area contributed by atoms with Gasteiger partial charge in [-0.1, -0.05) is 0 Å². The molecule has 0 saturated heterocycles. The molecule has 0 radical (unpaired) electrons. The van der Waals surface area contributed by atoms with Gasteiger partial charge >= 0.3 is 5.97 Å². The lowest BCUT2D eigenvalue weighted by molar-refractivity contribution is -0.139. The summed E-state index contributed by atoms with van der Waals surface area (Å²) in [6.45, 7) is 3.18. The molecule has 0 aliphatic heterocycles. The Morgan fingerprint density at radius 1 is 2.00 bits per heavy atom. The maximum absolute atomic E-state index is 10.2. The van der Waals surface area contributed by atoms with Crippen LogP contribution in [0.5, 0.6) is 0 Å². The quantitative estimate of drug-likeness (QED) is 0.303. The zero-order valence-corrected chi connectivity index (χ0v) is 4.68. The van der Waals surface area contributed by atoms with E-state index in [2.05, 4.69) is 22.0 Å². The number of nitrogens with one attached hydrogen (secondary N) is 1. The smallest absolute Gasteiger partial charge is 0.326 e. The van der Waals surface area contributed by atoms with Gasteiger partial charge in [-0.15, -0.1) is 0 Å². The minimum absolute atomic E-state index is 0.0833. The summed E-state index contributed by atoms with van der Waals surface area (Å²) in [5.74, 6) is -0.350. The Kier molecular flexibility index (Phi) is 3.56. The second-order valence-electron chi connectivity index (χ2n) is 1.07. The van der Waals surface area contributed by atoms with Crippen molar-refractivity contribution in [2.75, 3.05) is 13.7 Å². The summed E-state index contributed by atoms with van der Waals surface area (Å²) in [6.07, 6.45) is 0. The molecule has 0 aromatic heterocycles. The lowest BCUT2D eigenvalue weighted by Crippen LogP contribution is -2.18. The first-order valence-electron chi connectivity index (χ1n) is 2.06. The number of nitrogens with zero attached hydrogens (tertiary/aromatic N) is 1. The molecule has 1 N–H and O–H groups in total. The molecule has 0 heterocycles. The molecule has 0 aliphatic carbocycles. The van der Waals surface area contributed by atoms with Gasteiger partial charge in [-0.3, -0.25) is 10.2 Å². The standard InChI is InChI=1S/C4H8N2O2/c1-5-6-3-4(7)8-2/h6H,1,3H2,2H3. The molecule has 0 aromatic carbocycles. The number of esters is 1. The maximum Gasteiger partial charge on any atom is 0.326 e. The minimum atomic E-state index is -0.350. The van der Waals surface area contributed by atoms with E-state index in [0.717, 1.165) is 0 Å². The van der Waals surface area contributed by atoms with Crippen LogP contribution in [0.4, 0.5) is 0 Å². The highest BCUT2D eigenvalue weighted by Crippen LogP contribution is 1.66. The molecule has 0 fully saturated rings. The van der Waals surface area contributed by atoms with Crippen LogP contribution in [0, 0.1) is 0 Å².